The summed E-state index contributed by atoms with van der Waals surface area (Å²) in [6.45, 7) is 1.71. The first-order valence-electron chi connectivity index (χ1n) is 5.28. The van der Waals surface area contributed by atoms with Crippen LogP contribution < -0.4 is 0 Å². The second kappa shape index (κ2) is 5.18. The minimum atomic E-state index is -0.429. The number of hydrogen-bond donors (Lipinski definition) is 1. The predicted octanol–water partition coefficient (Wildman–Crippen LogP) is 3.61. The van der Waals surface area contributed by atoms with Gasteiger partial charge in [-0.15, -0.1) is 0 Å². The van der Waals surface area contributed by atoms with E-state index in [1.165, 1.54) is 12.1 Å². The summed E-state index contributed by atoms with van der Waals surface area (Å²) < 4.78 is 19.4. The largest absolute Gasteiger partial charge is 0.461 e. The van der Waals surface area contributed by atoms with Crippen molar-refractivity contribution in [2.45, 2.75) is 19.4 Å². The van der Waals surface area contributed by atoms with E-state index >= 15 is 0 Å². The average Bonchev–Trinajstić information content (AvgIpc) is 2.65. The number of furan rings is 1. The fraction of sp³-hybridized carbons (Fsp3) is 0.231. The maximum Gasteiger partial charge on any atom is 0.135 e. The van der Waals surface area contributed by atoms with E-state index in [2.05, 4.69) is 22.6 Å². The predicted molar refractivity (Wildman–Crippen MR) is 72.2 cm³/mol. The first-order valence-corrected chi connectivity index (χ1v) is 6.36. The van der Waals surface area contributed by atoms with Crippen molar-refractivity contribution in [3.05, 3.63) is 45.5 Å². The molecule has 0 radical (unpaired) electrons. The lowest BCUT2D eigenvalue weighted by Crippen LogP contribution is -2.02. The van der Waals surface area contributed by atoms with Gasteiger partial charge in [0.2, 0.25) is 0 Å². The van der Waals surface area contributed by atoms with Gasteiger partial charge in [-0.1, -0.05) is 0 Å². The molecule has 0 saturated heterocycles. The Bertz CT molecular complexity index is 520. The fourth-order valence-corrected chi connectivity index (χ4v) is 2.36. The van der Waals surface area contributed by atoms with E-state index in [1.807, 2.05) is 12.1 Å². The van der Waals surface area contributed by atoms with Gasteiger partial charge in [0.15, 0.2) is 0 Å². The summed E-state index contributed by atoms with van der Waals surface area (Å²) in [5, 5.41) is 9.27. The van der Waals surface area contributed by atoms with Crippen molar-refractivity contribution < 1.29 is 13.9 Å². The van der Waals surface area contributed by atoms with Gasteiger partial charge in [-0.2, -0.15) is 0 Å². The Labute approximate surface area is 113 Å². The number of hydrogen-bond acceptors (Lipinski definition) is 2. The highest BCUT2D eigenvalue weighted by Gasteiger charge is 2.10. The summed E-state index contributed by atoms with van der Waals surface area (Å²) >= 11 is 2.07. The molecule has 2 nitrogen and oxygen atoms in total. The van der Waals surface area contributed by atoms with Crippen LogP contribution in [0.15, 0.2) is 34.7 Å². The van der Waals surface area contributed by atoms with E-state index in [4.69, 9.17) is 4.42 Å². The van der Waals surface area contributed by atoms with E-state index in [0.717, 1.165) is 14.9 Å². The number of aliphatic hydroxyl groups excluding tert-OH is 1. The van der Waals surface area contributed by atoms with E-state index in [-0.39, 0.29) is 5.82 Å². The summed E-state index contributed by atoms with van der Waals surface area (Å²) in [6.07, 6.45) is 0.0545. The van der Waals surface area contributed by atoms with Crippen LogP contribution in [0.25, 0.3) is 11.3 Å². The Morgan fingerprint density at radius 2 is 2.12 bits per heavy atom. The van der Waals surface area contributed by atoms with Crippen LogP contribution in [0.3, 0.4) is 0 Å². The zero-order valence-corrected chi connectivity index (χ0v) is 11.4. The van der Waals surface area contributed by atoms with Crippen molar-refractivity contribution >= 4 is 22.6 Å². The Balaban J connectivity index is 2.30. The topological polar surface area (TPSA) is 33.4 Å². The molecule has 2 aromatic rings. The fourth-order valence-electron chi connectivity index (χ4n) is 1.61. The van der Waals surface area contributed by atoms with Gasteiger partial charge in [0, 0.05) is 15.6 Å². The third-order valence-electron chi connectivity index (χ3n) is 2.35. The van der Waals surface area contributed by atoms with Crippen molar-refractivity contribution in [3.63, 3.8) is 0 Å². The van der Waals surface area contributed by atoms with Crippen LogP contribution in [-0.4, -0.2) is 11.2 Å². The van der Waals surface area contributed by atoms with Gasteiger partial charge in [-0.05, 0) is 59.8 Å². The lowest BCUT2D eigenvalue weighted by atomic mass is 10.2. The van der Waals surface area contributed by atoms with Gasteiger partial charge >= 0.3 is 0 Å². The van der Waals surface area contributed by atoms with Gasteiger partial charge in [0.25, 0.3) is 0 Å². The number of rotatable bonds is 3. The smallest absolute Gasteiger partial charge is 0.135 e. The normalized spacial score (nSPS) is 12.7. The molecule has 0 fully saturated rings. The summed E-state index contributed by atoms with van der Waals surface area (Å²) in [5.41, 5.74) is 0.865. The Morgan fingerprint density at radius 3 is 2.76 bits per heavy atom. The number of benzene rings is 1. The molecule has 2 rings (SSSR count). The van der Waals surface area contributed by atoms with Crippen LogP contribution in [0.5, 0.6) is 0 Å². The monoisotopic (exact) mass is 346 g/mol. The van der Waals surface area contributed by atoms with Crippen LogP contribution in [0.4, 0.5) is 4.39 Å². The average molecular weight is 346 g/mol. The first-order chi connectivity index (χ1) is 8.06. The lowest BCUT2D eigenvalue weighted by molar-refractivity contribution is 0.187. The lowest BCUT2D eigenvalue weighted by Gasteiger charge is -2.02. The highest BCUT2D eigenvalue weighted by atomic mass is 127. The third-order valence-corrected chi connectivity index (χ3v) is 3.25. The maximum atomic E-state index is 13.0. The molecule has 1 aromatic carbocycles. The minimum Gasteiger partial charge on any atom is -0.461 e. The van der Waals surface area contributed by atoms with Crippen molar-refractivity contribution in [2.75, 3.05) is 0 Å². The van der Waals surface area contributed by atoms with Crippen molar-refractivity contribution in [2.24, 2.45) is 0 Å². The second-order valence-corrected chi connectivity index (χ2v) is 5.11. The molecule has 0 bridgehead atoms. The van der Waals surface area contributed by atoms with Crippen LogP contribution in [0.1, 0.15) is 12.7 Å². The molecule has 4 heteroatoms. The summed E-state index contributed by atoms with van der Waals surface area (Å²) in [4.78, 5) is 0. The Hall–Kier alpha value is -0.880. The molecule has 17 heavy (non-hydrogen) atoms. The highest BCUT2D eigenvalue weighted by molar-refractivity contribution is 14.1. The third kappa shape index (κ3) is 3.07. The molecule has 0 saturated carbocycles. The molecule has 0 amide bonds. The van der Waals surface area contributed by atoms with Gasteiger partial charge in [0.1, 0.15) is 17.3 Å². The second-order valence-electron chi connectivity index (χ2n) is 3.94. The molecule has 0 aliphatic carbocycles. The Kier molecular flexibility index (Phi) is 3.83. The molecule has 0 aliphatic heterocycles. The van der Waals surface area contributed by atoms with Crippen LogP contribution in [-0.2, 0) is 6.42 Å². The van der Waals surface area contributed by atoms with Crippen molar-refractivity contribution in [3.8, 4) is 11.3 Å². The van der Waals surface area contributed by atoms with Crippen LogP contribution in [0, 0.1) is 9.39 Å². The molecule has 1 aromatic heterocycles. The first kappa shape index (κ1) is 12.6. The molecule has 1 N–H and O–H groups in total. The molecule has 1 unspecified atom stereocenters. The summed E-state index contributed by atoms with van der Waals surface area (Å²) in [6, 6.07) is 8.25. The maximum absolute atomic E-state index is 13.0. The van der Waals surface area contributed by atoms with Crippen LogP contribution in [0.2, 0.25) is 0 Å². The number of halogens is 2. The molecule has 0 aliphatic rings. The minimum absolute atomic E-state index is 0.256. The highest BCUT2D eigenvalue weighted by Crippen LogP contribution is 2.28. The molecule has 1 atom stereocenters. The van der Waals surface area contributed by atoms with E-state index in [1.54, 1.807) is 13.0 Å². The standard InChI is InChI=1S/C13H12FIO2/c1-8(16)6-10-3-5-13(17-10)11-4-2-9(14)7-12(11)15/h2-5,7-8,16H,6H2,1H3. The summed E-state index contributed by atoms with van der Waals surface area (Å²) in [5.74, 6) is 1.18. The number of aliphatic hydroxyl groups is 1. The van der Waals surface area contributed by atoms with Crippen molar-refractivity contribution in [1.82, 2.24) is 0 Å². The SMILES string of the molecule is CC(O)Cc1ccc(-c2ccc(F)cc2I)o1. The van der Waals surface area contributed by atoms with Gasteiger partial charge in [0.05, 0.1) is 6.10 Å². The molecular formula is C13H12FIO2. The van der Waals surface area contributed by atoms with Gasteiger partial charge in [-0.25, -0.2) is 4.39 Å². The summed E-state index contributed by atoms with van der Waals surface area (Å²) in [7, 11) is 0. The van der Waals surface area contributed by atoms with Gasteiger partial charge in [-0.3, -0.25) is 0 Å². The molecule has 0 spiro atoms. The zero-order chi connectivity index (χ0) is 12.4. The molecule has 1 heterocycles. The quantitative estimate of drug-likeness (QED) is 0.862. The zero-order valence-electron chi connectivity index (χ0n) is 9.28. The van der Waals surface area contributed by atoms with E-state index in [0.29, 0.717) is 12.2 Å². The van der Waals surface area contributed by atoms with E-state index in [9.17, 15) is 9.50 Å². The van der Waals surface area contributed by atoms with Gasteiger partial charge < -0.3 is 9.52 Å². The molecular weight excluding hydrogens is 334 g/mol. The van der Waals surface area contributed by atoms with E-state index < -0.39 is 6.10 Å². The molecule has 90 valence electrons. The Morgan fingerprint density at radius 1 is 1.35 bits per heavy atom. The van der Waals surface area contributed by atoms with Crippen molar-refractivity contribution in [1.29, 1.82) is 0 Å². The van der Waals surface area contributed by atoms with Crippen LogP contribution >= 0.6 is 22.6 Å².